The third-order valence-corrected chi connectivity index (χ3v) is 5.07. The van der Waals surface area contributed by atoms with Gasteiger partial charge >= 0.3 is 0 Å². The number of nitrogens with zero attached hydrogens (tertiary/aromatic N) is 3. The van der Waals surface area contributed by atoms with Crippen LogP contribution in [0.4, 0.5) is 0 Å². The summed E-state index contributed by atoms with van der Waals surface area (Å²) >= 11 is 0. The summed E-state index contributed by atoms with van der Waals surface area (Å²) in [5, 5.41) is 2.94. The molecule has 3 aromatic rings. The number of nitrogens with one attached hydrogen (secondary N) is 1. The van der Waals surface area contributed by atoms with Gasteiger partial charge < -0.3 is 14.8 Å². The topological polar surface area (TPSA) is 67.2 Å². The Bertz CT molecular complexity index is 954. The van der Waals surface area contributed by atoms with Crippen LogP contribution in [0.5, 0.6) is 0 Å². The molecule has 2 heterocycles. The maximum absolute atomic E-state index is 12.4. The van der Waals surface area contributed by atoms with E-state index in [1.165, 1.54) is 0 Å². The second-order valence-corrected chi connectivity index (χ2v) is 6.96. The lowest BCUT2D eigenvalue weighted by Gasteiger charge is -2.17. The zero-order chi connectivity index (χ0) is 19.3. The molecule has 1 aliphatic rings. The Balaban J connectivity index is 1.35. The molecule has 142 valence electrons. The molecule has 0 spiro atoms. The SMILES string of the molecule is O=C(CN1CC(c2ccccc2)CC1=O)NCc1ccccc1-n1ccnc1. The number of benzene rings is 2. The Morgan fingerprint density at radius 3 is 2.68 bits per heavy atom. The maximum atomic E-state index is 12.4. The summed E-state index contributed by atoms with van der Waals surface area (Å²) in [4.78, 5) is 30.5. The van der Waals surface area contributed by atoms with Gasteiger partial charge in [-0.3, -0.25) is 9.59 Å². The van der Waals surface area contributed by atoms with Gasteiger partial charge in [-0.05, 0) is 17.2 Å². The van der Waals surface area contributed by atoms with E-state index in [-0.39, 0.29) is 24.3 Å². The van der Waals surface area contributed by atoms with Crippen molar-refractivity contribution in [1.82, 2.24) is 19.8 Å². The number of carbonyl (C=O) groups is 2. The van der Waals surface area contributed by atoms with E-state index in [1.54, 1.807) is 17.4 Å². The number of hydrogen-bond acceptors (Lipinski definition) is 3. The number of imidazole rings is 1. The van der Waals surface area contributed by atoms with Crippen LogP contribution >= 0.6 is 0 Å². The third kappa shape index (κ3) is 3.96. The molecule has 1 atom stereocenters. The molecule has 1 saturated heterocycles. The van der Waals surface area contributed by atoms with Gasteiger partial charge in [0.1, 0.15) is 0 Å². The smallest absolute Gasteiger partial charge is 0.239 e. The van der Waals surface area contributed by atoms with E-state index in [0.717, 1.165) is 16.8 Å². The molecule has 28 heavy (non-hydrogen) atoms. The highest BCUT2D eigenvalue weighted by molar-refractivity contribution is 5.86. The number of carbonyl (C=O) groups excluding carboxylic acids is 2. The normalized spacial score (nSPS) is 16.4. The highest BCUT2D eigenvalue weighted by Crippen LogP contribution is 2.27. The summed E-state index contributed by atoms with van der Waals surface area (Å²) in [5.74, 6) is 0.0359. The van der Waals surface area contributed by atoms with Crippen molar-refractivity contribution in [2.24, 2.45) is 0 Å². The average Bonchev–Trinajstić information content (AvgIpc) is 3.38. The summed E-state index contributed by atoms with van der Waals surface area (Å²) in [7, 11) is 0. The van der Waals surface area contributed by atoms with Gasteiger partial charge in [0.05, 0.1) is 18.6 Å². The van der Waals surface area contributed by atoms with E-state index in [0.29, 0.717) is 19.5 Å². The van der Waals surface area contributed by atoms with Crippen molar-refractivity contribution in [1.29, 1.82) is 0 Å². The fourth-order valence-electron chi connectivity index (χ4n) is 3.61. The first-order valence-electron chi connectivity index (χ1n) is 9.36. The van der Waals surface area contributed by atoms with Gasteiger partial charge in [-0.2, -0.15) is 0 Å². The van der Waals surface area contributed by atoms with E-state index in [4.69, 9.17) is 0 Å². The summed E-state index contributed by atoms with van der Waals surface area (Å²) in [6, 6.07) is 17.8. The molecule has 1 aromatic heterocycles. The van der Waals surface area contributed by atoms with Gasteiger partial charge in [0.2, 0.25) is 11.8 Å². The lowest BCUT2D eigenvalue weighted by atomic mass is 9.99. The molecular formula is C22H22N4O2. The van der Waals surface area contributed by atoms with Crippen molar-refractivity contribution >= 4 is 11.8 Å². The van der Waals surface area contributed by atoms with Gasteiger partial charge in [0.25, 0.3) is 0 Å². The number of hydrogen-bond donors (Lipinski definition) is 1. The predicted octanol–water partition coefficient (Wildman–Crippen LogP) is 2.50. The first kappa shape index (κ1) is 18.0. The quantitative estimate of drug-likeness (QED) is 0.721. The van der Waals surface area contributed by atoms with Crippen LogP contribution in [-0.2, 0) is 16.1 Å². The minimum atomic E-state index is -0.150. The molecule has 0 aliphatic carbocycles. The number of para-hydroxylation sites is 1. The van der Waals surface area contributed by atoms with Crippen LogP contribution in [0.1, 0.15) is 23.5 Å². The van der Waals surface area contributed by atoms with Crippen LogP contribution in [-0.4, -0.2) is 39.4 Å². The highest BCUT2D eigenvalue weighted by atomic mass is 16.2. The Morgan fingerprint density at radius 2 is 1.89 bits per heavy atom. The van der Waals surface area contributed by atoms with Crippen LogP contribution in [0.3, 0.4) is 0 Å². The minimum Gasteiger partial charge on any atom is -0.350 e. The summed E-state index contributed by atoms with van der Waals surface area (Å²) in [6.07, 6.45) is 5.78. The van der Waals surface area contributed by atoms with Crippen molar-refractivity contribution in [3.8, 4) is 5.69 Å². The molecule has 2 aromatic carbocycles. The van der Waals surface area contributed by atoms with E-state index in [2.05, 4.69) is 10.3 Å². The summed E-state index contributed by atoms with van der Waals surface area (Å²) in [6.45, 7) is 1.08. The van der Waals surface area contributed by atoms with Crippen molar-refractivity contribution in [3.63, 3.8) is 0 Å². The Morgan fingerprint density at radius 1 is 1.11 bits per heavy atom. The molecule has 1 aliphatic heterocycles. The van der Waals surface area contributed by atoms with E-state index in [9.17, 15) is 9.59 Å². The molecule has 2 amide bonds. The number of rotatable bonds is 6. The summed E-state index contributed by atoms with van der Waals surface area (Å²) in [5.41, 5.74) is 3.11. The third-order valence-electron chi connectivity index (χ3n) is 5.07. The van der Waals surface area contributed by atoms with E-state index in [1.807, 2.05) is 65.4 Å². The minimum absolute atomic E-state index is 0.0304. The lowest BCUT2D eigenvalue weighted by Crippen LogP contribution is -2.37. The molecule has 0 saturated carbocycles. The first-order valence-corrected chi connectivity index (χ1v) is 9.36. The molecule has 6 nitrogen and oxygen atoms in total. The zero-order valence-electron chi connectivity index (χ0n) is 15.5. The molecule has 1 fully saturated rings. The second-order valence-electron chi connectivity index (χ2n) is 6.96. The average molecular weight is 374 g/mol. The fourth-order valence-corrected chi connectivity index (χ4v) is 3.61. The molecule has 4 rings (SSSR count). The number of aromatic nitrogens is 2. The van der Waals surface area contributed by atoms with Gasteiger partial charge in [-0.1, -0.05) is 48.5 Å². The molecule has 0 radical (unpaired) electrons. The highest BCUT2D eigenvalue weighted by Gasteiger charge is 2.31. The molecule has 1 N–H and O–H groups in total. The van der Waals surface area contributed by atoms with Crippen molar-refractivity contribution in [3.05, 3.63) is 84.4 Å². The van der Waals surface area contributed by atoms with Crippen LogP contribution in [0.25, 0.3) is 5.69 Å². The monoisotopic (exact) mass is 374 g/mol. The van der Waals surface area contributed by atoms with Crippen LogP contribution in [0.15, 0.2) is 73.3 Å². The number of likely N-dealkylation sites (tertiary alicyclic amines) is 1. The van der Waals surface area contributed by atoms with Gasteiger partial charge in [-0.15, -0.1) is 0 Å². The standard InChI is InChI=1S/C22H22N4O2/c27-21(15-26-14-19(12-22(26)28)17-6-2-1-3-7-17)24-13-18-8-4-5-9-20(18)25-11-10-23-16-25/h1-11,16,19H,12-15H2,(H,24,27). The number of amides is 2. The Labute approximate surface area is 163 Å². The van der Waals surface area contributed by atoms with E-state index < -0.39 is 0 Å². The maximum Gasteiger partial charge on any atom is 0.239 e. The largest absolute Gasteiger partial charge is 0.350 e. The second kappa shape index (κ2) is 8.08. The lowest BCUT2D eigenvalue weighted by molar-refractivity contribution is -0.133. The molecule has 0 bridgehead atoms. The molecule has 1 unspecified atom stereocenters. The van der Waals surface area contributed by atoms with Crippen molar-refractivity contribution in [2.75, 3.05) is 13.1 Å². The van der Waals surface area contributed by atoms with Crippen molar-refractivity contribution in [2.45, 2.75) is 18.9 Å². The Hall–Kier alpha value is -3.41. The zero-order valence-corrected chi connectivity index (χ0v) is 15.5. The van der Waals surface area contributed by atoms with Gasteiger partial charge in [0.15, 0.2) is 0 Å². The summed E-state index contributed by atoms with van der Waals surface area (Å²) < 4.78 is 1.91. The Kier molecular flexibility index (Phi) is 5.19. The van der Waals surface area contributed by atoms with Gasteiger partial charge in [0, 0.05) is 37.8 Å². The predicted molar refractivity (Wildman–Crippen MR) is 106 cm³/mol. The van der Waals surface area contributed by atoms with Crippen LogP contribution in [0, 0.1) is 0 Å². The van der Waals surface area contributed by atoms with E-state index >= 15 is 0 Å². The first-order chi connectivity index (χ1) is 13.7. The van der Waals surface area contributed by atoms with Crippen molar-refractivity contribution < 1.29 is 9.59 Å². The van der Waals surface area contributed by atoms with Crippen LogP contribution < -0.4 is 5.32 Å². The fraction of sp³-hybridized carbons (Fsp3) is 0.227. The molecular weight excluding hydrogens is 352 g/mol. The van der Waals surface area contributed by atoms with Crippen LogP contribution in [0.2, 0.25) is 0 Å². The van der Waals surface area contributed by atoms with Gasteiger partial charge in [-0.25, -0.2) is 4.98 Å². The molecule has 6 heteroatoms.